The Kier molecular flexibility index (Phi) is 6.39. The minimum Gasteiger partial charge on any atom is -0.507 e. The van der Waals surface area contributed by atoms with Crippen molar-refractivity contribution in [2.24, 2.45) is 10.9 Å². The lowest BCUT2D eigenvalue weighted by molar-refractivity contribution is 0.0600. The number of aromatic hydroxyl groups is 1. The molecule has 0 amide bonds. The third kappa shape index (κ3) is 4.07. The quantitative estimate of drug-likeness (QED) is 0.550. The van der Waals surface area contributed by atoms with Gasteiger partial charge in [0, 0.05) is 41.5 Å². The first kappa shape index (κ1) is 20.4. The SMILES string of the molecule is CCN(CC)c1ccc(C=Nc2sc3c(c2C(=O)OC)CC[C@H](C)C3)c(O)c1. The molecular weight excluding hydrogens is 372 g/mol. The van der Waals surface area contributed by atoms with Crippen molar-refractivity contribution in [3.05, 3.63) is 39.8 Å². The maximum atomic E-state index is 12.4. The summed E-state index contributed by atoms with van der Waals surface area (Å²) in [5.74, 6) is 0.466. The Hall–Kier alpha value is -2.34. The summed E-state index contributed by atoms with van der Waals surface area (Å²) in [4.78, 5) is 20.3. The molecule has 1 atom stereocenters. The molecule has 1 aliphatic carbocycles. The molecule has 0 saturated carbocycles. The number of carbonyl (C=O) groups excluding carboxylic acids is 1. The van der Waals surface area contributed by atoms with Crippen LogP contribution in [-0.4, -0.2) is 37.5 Å². The van der Waals surface area contributed by atoms with Crippen LogP contribution in [0.1, 0.15) is 53.6 Å². The molecule has 1 aromatic heterocycles. The van der Waals surface area contributed by atoms with Crippen molar-refractivity contribution in [3.8, 4) is 5.75 Å². The molecule has 150 valence electrons. The first-order chi connectivity index (χ1) is 13.5. The van der Waals surface area contributed by atoms with Crippen LogP contribution in [0.2, 0.25) is 0 Å². The second-order valence-electron chi connectivity index (χ2n) is 7.20. The Balaban J connectivity index is 1.93. The van der Waals surface area contributed by atoms with Crippen LogP contribution >= 0.6 is 11.3 Å². The van der Waals surface area contributed by atoms with Gasteiger partial charge in [-0.3, -0.25) is 0 Å². The smallest absolute Gasteiger partial charge is 0.341 e. The Morgan fingerprint density at radius 3 is 2.79 bits per heavy atom. The molecule has 0 aliphatic heterocycles. The van der Waals surface area contributed by atoms with Gasteiger partial charge < -0.3 is 14.7 Å². The van der Waals surface area contributed by atoms with E-state index < -0.39 is 0 Å². The molecule has 0 fully saturated rings. The summed E-state index contributed by atoms with van der Waals surface area (Å²) < 4.78 is 5.01. The van der Waals surface area contributed by atoms with E-state index in [4.69, 9.17) is 4.74 Å². The van der Waals surface area contributed by atoms with Crippen LogP contribution < -0.4 is 4.90 Å². The summed E-state index contributed by atoms with van der Waals surface area (Å²) in [7, 11) is 1.41. The molecule has 1 heterocycles. The van der Waals surface area contributed by atoms with E-state index in [0.29, 0.717) is 22.0 Å². The number of hydrogen-bond acceptors (Lipinski definition) is 6. The van der Waals surface area contributed by atoms with Crippen molar-refractivity contribution in [3.63, 3.8) is 0 Å². The molecule has 0 radical (unpaired) electrons. The molecule has 0 spiro atoms. The van der Waals surface area contributed by atoms with Gasteiger partial charge in [-0.2, -0.15) is 0 Å². The minimum absolute atomic E-state index is 0.183. The second-order valence-corrected chi connectivity index (χ2v) is 8.28. The molecule has 28 heavy (non-hydrogen) atoms. The molecule has 3 rings (SSSR count). The van der Waals surface area contributed by atoms with Crippen LogP contribution in [0.3, 0.4) is 0 Å². The highest BCUT2D eigenvalue weighted by molar-refractivity contribution is 7.16. The number of methoxy groups -OCH3 is 1. The summed E-state index contributed by atoms with van der Waals surface area (Å²) in [6.45, 7) is 8.17. The highest BCUT2D eigenvalue weighted by atomic mass is 32.1. The van der Waals surface area contributed by atoms with Gasteiger partial charge in [0.1, 0.15) is 10.8 Å². The van der Waals surface area contributed by atoms with Crippen LogP contribution in [0.5, 0.6) is 5.75 Å². The van der Waals surface area contributed by atoms with Gasteiger partial charge in [-0.25, -0.2) is 9.79 Å². The number of nitrogens with zero attached hydrogens (tertiary/aromatic N) is 2. The number of ether oxygens (including phenoxy) is 1. The maximum Gasteiger partial charge on any atom is 0.341 e. The topological polar surface area (TPSA) is 62.1 Å². The highest BCUT2D eigenvalue weighted by Gasteiger charge is 2.27. The van der Waals surface area contributed by atoms with Crippen molar-refractivity contribution in [2.45, 2.75) is 40.0 Å². The first-order valence-corrected chi connectivity index (χ1v) is 10.6. The minimum atomic E-state index is -0.333. The molecule has 0 bridgehead atoms. The Bertz CT molecular complexity index is 884. The zero-order chi connectivity index (χ0) is 20.3. The summed E-state index contributed by atoms with van der Waals surface area (Å²) in [6.07, 6.45) is 4.57. The molecule has 5 nitrogen and oxygen atoms in total. The number of phenols is 1. The summed E-state index contributed by atoms with van der Waals surface area (Å²) in [6, 6.07) is 5.60. The van der Waals surface area contributed by atoms with Crippen molar-refractivity contribution in [1.29, 1.82) is 0 Å². The number of phenolic OH excluding ortho intramolecular Hbond substituents is 1. The number of benzene rings is 1. The van der Waals surface area contributed by atoms with Crippen LogP contribution in [0.4, 0.5) is 10.7 Å². The van der Waals surface area contributed by atoms with E-state index in [1.165, 1.54) is 12.0 Å². The molecule has 0 saturated heterocycles. The predicted octanol–water partition coefficient (Wildman–Crippen LogP) is 4.96. The Morgan fingerprint density at radius 2 is 2.14 bits per heavy atom. The molecule has 2 aromatic rings. The summed E-state index contributed by atoms with van der Waals surface area (Å²) >= 11 is 1.56. The van der Waals surface area contributed by atoms with Crippen molar-refractivity contribution in [2.75, 3.05) is 25.1 Å². The number of esters is 1. The third-order valence-electron chi connectivity index (χ3n) is 5.35. The van der Waals surface area contributed by atoms with E-state index in [9.17, 15) is 9.90 Å². The van der Waals surface area contributed by atoms with E-state index in [1.807, 2.05) is 12.1 Å². The Labute approximate surface area is 170 Å². The number of hydrogen-bond donors (Lipinski definition) is 1. The highest BCUT2D eigenvalue weighted by Crippen LogP contribution is 2.41. The monoisotopic (exact) mass is 400 g/mol. The number of thiophene rings is 1. The molecular formula is C22H28N2O3S. The summed E-state index contributed by atoms with van der Waals surface area (Å²) in [5.41, 5.74) is 3.29. The van der Waals surface area contributed by atoms with Gasteiger partial charge in [-0.05, 0) is 56.7 Å². The largest absolute Gasteiger partial charge is 0.507 e. The van der Waals surface area contributed by atoms with Crippen LogP contribution in [0.25, 0.3) is 0 Å². The second kappa shape index (κ2) is 8.78. The maximum absolute atomic E-state index is 12.4. The Morgan fingerprint density at radius 1 is 1.39 bits per heavy atom. The predicted molar refractivity (Wildman–Crippen MR) is 116 cm³/mol. The van der Waals surface area contributed by atoms with E-state index >= 15 is 0 Å². The van der Waals surface area contributed by atoms with Gasteiger partial charge in [0.15, 0.2) is 0 Å². The zero-order valence-corrected chi connectivity index (χ0v) is 17.8. The van der Waals surface area contributed by atoms with Crippen LogP contribution in [-0.2, 0) is 17.6 Å². The van der Waals surface area contributed by atoms with Gasteiger partial charge in [0.25, 0.3) is 0 Å². The third-order valence-corrected chi connectivity index (χ3v) is 6.51. The molecule has 1 aromatic carbocycles. The average molecular weight is 401 g/mol. The van der Waals surface area contributed by atoms with E-state index in [-0.39, 0.29) is 11.7 Å². The molecule has 6 heteroatoms. The lowest BCUT2D eigenvalue weighted by atomic mass is 9.88. The lowest BCUT2D eigenvalue weighted by Gasteiger charge is -2.21. The number of aliphatic imine (C=N–C) groups is 1. The van der Waals surface area contributed by atoms with E-state index in [2.05, 4.69) is 30.7 Å². The van der Waals surface area contributed by atoms with Crippen molar-refractivity contribution >= 4 is 34.2 Å². The lowest BCUT2D eigenvalue weighted by Crippen LogP contribution is -2.21. The number of rotatable bonds is 6. The fourth-order valence-corrected chi connectivity index (χ4v) is 5.04. The van der Waals surface area contributed by atoms with E-state index in [1.54, 1.807) is 23.6 Å². The van der Waals surface area contributed by atoms with E-state index in [0.717, 1.165) is 43.6 Å². The number of fused-ring (bicyclic) bond motifs is 1. The fraction of sp³-hybridized carbons (Fsp3) is 0.455. The zero-order valence-electron chi connectivity index (χ0n) is 17.0. The molecule has 1 aliphatic rings. The average Bonchev–Trinajstić information content (AvgIpc) is 3.05. The van der Waals surface area contributed by atoms with Crippen LogP contribution in [0.15, 0.2) is 23.2 Å². The van der Waals surface area contributed by atoms with Gasteiger partial charge in [-0.15, -0.1) is 11.3 Å². The number of anilines is 1. The standard InChI is InChI=1S/C22H28N2O3S/c1-5-24(6-2)16-9-8-15(18(25)12-16)13-23-21-20(22(26)27-4)17-10-7-14(3)11-19(17)28-21/h8-9,12-14,25H,5-7,10-11H2,1-4H3/t14-/m0/s1. The summed E-state index contributed by atoms with van der Waals surface area (Å²) in [5, 5.41) is 11.1. The van der Waals surface area contributed by atoms with Crippen molar-refractivity contribution < 1.29 is 14.6 Å². The van der Waals surface area contributed by atoms with Crippen LogP contribution in [0, 0.1) is 5.92 Å². The molecule has 1 N–H and O–H groups in total. The fourth-order valence-electron chi connectivity index (χ4n) is 3.69. The first-order valence-electron chi connectivity index (χ1n) is 9.83. The van der Waals surface area contributed by atoms with Gasteiger partial charge in [0.05, 0.1) is 12.7 Å². The van der Waals surface area contributed by atoms with Crippen molar-refractivity contribution in [1.82, 2.24) is 0 Å². The van der Waals surface area contributed by atoms with Gasteiger partial charge in [0.2, 0.25) is 0 Å². The normalized spacial score (nSPS) is 16.2. The van der Waals surface area contributed by atoms with Gasteiger partial charge >= 0.3 is 5.97 Å². The molecule has 0 unspecified atom stereocenters. The van der Waals surface area contributed by atoms with Gasteiger partial charge in [-0.1, -0.05) is 6.92 Å². The number of carbonyl (C=O) groups is 1.